The van der Waals surface area contributed by atoms with Crippen LogP contribution in [-0.2, 0) is 20.9 Å². The molecule has 1 fully saturated rings. The molecule has 2 aliphatic rings. The van der Waals surface area contributed by atoms with Crippen LogP contribution in [-0.4, -0.2) is 59.4 Å². The SMILES string of the molecule is O=C(CN1C(=O)C(=O)N(Cc2ccco2)C1=O)NCC1COc2ccccc2O1. The summed E-state index contributed by atoms with van der Waals surface area (Å²) in [5.74, 6) is -1.11. The van der Waals surface area contributed by atoms with Crippen molar-refractivity contribution < 1.29 is 33.1 Å². The van der Waals surface area contributed by atoms with Crippen LogP contribution in [0.2, 0.25) is 0 Å². The number of para-hydroxylation sites is 2. The highest BCUT2D eigenvalue weighted by atomic mass is 16.6. The highest BCUT2D eigenvalue weighted by molar-refractivity contribution is 6.44. The van der Waals surface area contributed by atoms with Crippen molar-refractivity contribution in [3.63, 3.8) is 0 Å². The molecular weight excluding hydrogens is 382 g/mol. The first-order valence-electron chi connectivity index (χ1n) is 8.88. The Morgan fingerprint density at radius 3 is 2.55 bits per heavy atom. The van der Waals surface area contributed by atoms with E-state index in [9.17, 15) is 19.2 Å². The van der Waals surface area contributed by atoms with E-state index in [2.05, 4.69) is 5.32 Å². The fourth-order valence-electron chi connectivity index (χ4n) is 2.98. The normalized spacial score (nSPS) is 18.3. The van der Waals surface area contributed by atoms with Gasteiger partial charge < -0.3 is 19.2 Å². The van der Waals surface area contributed by atoms with E-state index in [1.165, 1.54) is 6.26 Å². The number of rotatable bonds is 6. The third-order valence-corrected chi connectivity index (χ3v) is 4.43. The van der Waals surface area contributed by atoms with E-state index >= 15 is 0 Å². The second kappa shape index (κ2) is 7.66. The third kappa shape index (κ3) is 3.77. The summed E-state index contributed by atoms with van der Waals surface area (Å²) in [5.41, 5.74) is 0. The van der Waals surface area contributed by atoms with Gasteiger partial charge in [-0.1, -0.05) is 12.1 Å². The van der Waals surface area contributed by atoms with Crippen LogP contribution in [0.1, 0.15) is 5.76 Å². The monoisotopic (exact) mass is 399 g/mol. The summed E-state index contributed by atoms with van der Waals surface area (Å²) in [7, 11) is 0. The minimum atomic E-state index is -1.05. The summed E-state index contributed by atoms with van der Waals surface area (Å²) in [6, 6.07) is 9.47. The van der Waals surface area contributed by atoms with Crippen LogP contribution >= 0.6 is 0 Å². The number of hydrogen-bond acceptors (Lipinski definition) is 7. The van der Waals surface area contributed by atoms with Crippen molar-refractivity contribution in [2.24, 2.45) is 0 Å². The van der Waals surface area contributed by atoms with E-state index in [-0.39, 0.29) is 19.7 Å². The van der Waals surface area contributed by atoms with Crippen molar-refractivity contribution in [3.8, 4) is 11.5 Å². The molecule has 4 rings (SSSR count). The van der Waals surface area contributed by atoms with Crippen LogP contribution in [0.15, 0.2) is 47.1 Å². The Hall–Kier alpha value is -3.82. The maximum atomic E-state index is 12.4. The molecule has 0 bridgehead atoms. The molecule has 1 N–H and O–H groups in total. The van der Waals surface area contributed by atoms with Gasteiger partial charge in [0, 0.05) is 0 Å². The number of amides is 5. The van der Waals surface area contributed by atoms with Gasteiger partial charge in [0.2, 0.25) is 5.91 Å². The topological polar surface area (TPSA) is 118 Å². The lowest BCUT2D eigenvalue weighted by Crippen LogP contribution is -2.45. The van der Waals surface area contributed by atoms with Crippen molar-refractivity contribution in [3.05, 3.63) is 48.4 Å². The molecule has 10 heteroatoms. The quantitative estimate of drug-likeness (QED) is 0.556. The summed E-state index contributed by atoms with van der Waals surface area (Å²) >= 11 is 0. The number of urea groups is 1. The number of benzene rings is 1. The van der Waals surface area contributed by atoms with E-state index in [0.29, 0.717) is 22.2 Å². The van der Waals surface area contributed by atoms with Crippen molar-refractivity contribution >= 4 is 23.8 Å². The number of imide groups is 2. The van der Waals surface area contributed by atoms with Gasteiger partial charge in [0.1, 0.15) is 25.0 Å². The Balaban J connectivity index is 1.31. The molecule has 1 atom stereocenters. The predicted octanol–water partition coefficient (Wildman–Crippen LogP) is 0.527. The van der Waals surface area contributed by atoms with Crippen LogP contribution in [0.5, 0.6) is 11.5 Å². The van der Waals surface area contributed by atoms with Gasteiger partial charge in [-0.05, 0) is 24.3 Å². The number of nitrogens with one attached hydrogen (secondary N) is 1. The minimum Gasteiger partial charge on any atom is -0.486 e. The third-order valence-electron chi connectivity index (χ3n) is 4.43. The minimum absolute atomic E-state index is 0.118. The molecule has 2 aliphatic heterocycles. The molecule has 10 nitrogen and oxygen atoms in total. The van der Waals surface area contributed by atoms with Crippen molar-refractivity contribution in [2.75, 3.05) is 19.7 Å². The van der Waals surface area contributed by atoms with Crippen LogP contribution in [0.3, 0.4) is 0 Å². The fourth-order valence-corrected chi connectivity index (χ4v) is 2.98. The first-order valence-corrected chi connectivity index (χ1v) is 8.88. The molecule has 0 aliphatic carbocycles. The van der Waals surface area contributed by atoms with Crippen molar-refractivity contribution in [2.45, 2.75) is 12.6 Å². The van der Waals surface area contributed by atoms with Gasteiger partial charge in [-0.3, -0.25) is 14.4 Å². The first-order chi connectivity index (χ1) is 14.0. The molecule has 0 radical (unpaired) electrons. The maximum Gasteiger partial charge on any atom is 0.335 e. The zero-order valence-electron chi connectivity index (χ0n) is 15.2. The Bertz CT molecular complexity index is 956. The van der Waals surface area contributed by atoms with E-state index < -0.39 is 36.4 Å². The number of ether oxygens (including phenoxy) is 2. The first kappa shape index (κ1) is 18.5. The second-order valence-electron chi connectivity index (χ2n) is 6.45. The average molecular weight is 399 g/mol. The van der Waals surface area contributed by atoms with Crippen molar-refractivity contribution in [1.29, 1.82) is 0 Å². The molecule has 1 aromatic heterocycles. The lowest BCUT2D eigenvalue weighted by atomic mass is 10.2. The molecule has 3 heterocycles. The Morgan fingerprint density at radius 1 is 1.03 bits per heavy atom. The molecule has 2 aromatic rings. The Morgan fingerprint density at radius 2 is 1.79 bits per heavy atom. The zero-order chi connectivity index (χ0) is 20.4. The van der Waals surface area contributed by atoms with E-state index in [0.717, 1.165) is 4.90 Å². The molecule has 0 saturated carbocycles. The van der Waals surface area contributed by atoms with Gasteiger partial charge in [-0.25, -0.2) is 14.6 Å². The van der Waals surface area contributed by atoms with Crippen LogP contribution in [0.25, 0.3) is 0 Å². The number of hydrogen-bond donors (Lipinski definition) is 1. The van der Waals surface area contributed by atoms with E-state index in [1.54, 1.807) is 30.3 Å². The molecular formula is C19H17N3O7. The number of fused-ring (bicyclic) bond motifs is 1. The second-order valence-corrected chi connectivity index (χ2v) is 6.45. The van der Waals surface area contributed by atoms with Crippen LogP contribution in [0.4, 0.5) is 4.79 Å². The number of furan rings is 1. The number of carbonyl (C=O) groups excluding carboxylic acids is 4. The standard InChI is InChI=1S/C19H17N3O7/c23-16(20-8-13-11-28-14-5-1-2-6-15(14)29-13)10-22-18(25)17(24)21(19(22)26)9-12-4-3-7-27-12/h1-7,13H,8-11H2,(H,20,23). The van der Waals surface area contributed by atoms with Gasteiger partial charge in [0.15, 0.2) is 11.5 Å². The lowest BCUT2D eigenvalue weighted by Gasteiger charge is -2.26. The van der Waals surface area contributed by atoms with Crippen LogP contribution < -0.4 is 14.8 Å². The van der Waals surface area contributed by atoms with Gasteiger partial charge in [0.25, 0.3) is 0 Å². The Labute approximate surface area is 164 Å². The summed E-state index contributed by atoms with van der Waals surface area (Å²) in [4.78, 5) is 50.1. The smallest absolute Gasteiger partial charge is 0.335 e. The highest BCUT2D eigenvalue weighted by Crippen LogP contribution is 2.30. The maximum absolute atomic E-state index is 12.4. The van der Waals surface area contributed by atoms with Gasteiger partial charge >= 0.3 is 17.8 Å². The lowest BCUT2D eigenvalue weighted by molar-refractivity contribution is -0.144. The number of nitrogens with zero attached hydrogens (tertiary/aromatic N) is 2. The van der Waals surface area contributed by atoms with Gasteiger partial charge in [-0.15, -0.1) is 0 Å². The molecule has 0 spiro atoms. The molecule has 1 unspecified atom stereocenters. The zero-order valence-corrected chi connectivity index (χ0v) is 15.2. The fraction of sp³-hybridized carbons (Fsp3) is 0.263. The average Bonchev–Trinajstić information content (AvgIpc) is 3.31. The molecule has 1 saturated heterocycles. The molecule has 29 heavy (non-hydrogen) atoms. The molecule has 1 aromatic carbocycles. The van der Waals surface area contributed by atoms with E-state index in [4.69, 9.17) is 13.9 Å². The van der Waals surface area contributed by atoms with E-state index in [1.807, 2.05) is 6.07 Å². The highest BCUT2D eigenvalue weighted by Gasteiger charge is 2.45. The Kier molecular flexibility index (Phi) is 4.90. The number of carbonyl (C=O) groups is 4. The summed E-state index contributed by atoms with van der Waals surface area (Å²) in [6.45, 7) is -0.384. The molecule has 5 amide bonds. The van der Waals surface area contributed by atoms with Crippen molar-refractivity contribution in [1.82, 2.24) is 15.1 Å². The van der Waals surface area contributed by atoms with Crippen LogP contribution in [0, 0.1) is 0 Å². The summed E-state index contributed by atoms with van der Waals surface area (Å²) in [6.07, 6.45) is 0.971. The summed E-state index contributed by atoms with van der Waals surface area (Å²) < 4.78 is 16.4. The molecule has 150 valence electrons. The van der Waals surface area contributed by atoms with Gasteiger partial charge in [0.05, 0.1) is 19.4 Å². The predicted molar refractivity (Wildman–Crippen MR) is 95.7 cm³/mol. The summed E-state index contributed by atoms with van der Waals surface area (Å²) in [5, 5.41) is 2.59. The largest absolute Gasteiger partial charge is 0.486 e. The van der Waals surface area contributed by atoms with Gasteiger partial charge in [-0.2, -0.15) is 0 Å².